The summed E-state index contributed by atoms with van der Waals surface area (Å²) in [6.07, 6.45) is 4.76. The van der Waals surface area contributed by atoms with Crippen LogP contribution in [0, 0.1) is 0 Å². The minimum absolute atomic E-state index is 0.00630. The lowest BCUT2D eigenvalue weighted by atomic mass is 10.0. The van der Waals surface area contributed by atoms with Crippen molar-refractivity contribution in [1.29, 1.82) is 0 Å². The Morgan fingerprint density at radius 1 is 1.44 bits per heavy atom. The van der Waals surface area contributed by atoms with Gasteiger partial charge in [-0.1, -0.05) is 6.42 Å². The second-order valence-corrected chi connectivity index (χ2v) is 6.54. The highest BCUT2D eigenvalue weighted by molar-refractivity contribution is 7.90. The average Bonchev–Trinajstić information content (AvgIpc) is 2.24. The molecule has 1 unspecified atom stereocenters. The molecule has 2 N–H and O–H groups in total. The molecule has 94 valence electrons. The number of rotatable bonds is 5. The topological polar surface area (TPSA) is 75.3 Å². The molecule has 0 spiro atoms. The van der Waals surface area contributed by atoms with Crippen molar-refractivity contribution in [3.8, 4) is 0 Å². The smallest absolute Gasteiger partial charge is 0.237 e. The number of carbonyl (C=O) groups is 1. The van der Waals surface area contributed by atoms with Gasteiger partial charge in [0.15, 0.2) is 0 Å². The van der Waals surface area contributed by atoms with Crippen LogP contribution in [0.5, 0.6) is 0 Å². The van der Waals surface area contributed by atoms with Crippen molar-refractivity contribution in [2.75, 3.05) is 25.1 Å². The standard InChI is InChI=1S/C10H20N2O3S/c1-16(14,15)8-4-7-12-10(13)9-5-2-3-6-11-9/h9,11H,2-8H2,1H3,(H,12,13). The van der Waals surface area contributed by atoms with Gasteiger partial charge in [0.25, 0.3) is 0 Å². The SMILES string of the molecule is CS(=O)(=O)CCCNC(=O)C1CCCCN1. The molecule has 1 rings (SSSR count). The van der Waals surface area contributed by atoms with Crippen molar-refractivity contribution in [3.05, 3.63) is 0 Å². The van der Waals surface area contributed by atoms with Gasteiger partial charge in [-0.25, -0.2) is 8.42 Å². The highest BCUT2D eigenvalue weighted by atomic mass is 32.2. The Hall–Kier alpha value is -0.620. The summed E-state index contributed by atoms with van der Waals surface area (Å²) < 4.78 is 21.7. The normalized spacial score (nSPS) is 21.7. The average molecular weight is 248 g/mol. The molecule has 0 aromatic rings. The molecular weight excluding hydrogens is 228 g/mol. The number of sulfone groups is 1. The molecule has 5 nitrogen and oxygen atoms in total. The van der Waals surface area contributed by atoms with Crippen LogP contribution in [0.3, 0.4) is 0 Å². The van der Waals surface area contributed by atoms with Crippen LogP contribution in [0.25, 0.3) is 0 Å². The molecule has 0 aromatic carbocycles. The lowest BCUT2D eigenvalue weighted by molar-refractivity contribution is -0.123. The Morgan fingerprint density at radius 3 is 2.75 bits per heavy atom. The fourth-order valence-electron chi connectivity index (χ4n) is 1.74. The number of amides is 1. The number of nitrogens with one attached hydrogen (secondary N) is 2. The summed E-state index contributed by atoms with van der Waals surface area (Å²) >= 11 is 0. The van der Waals surface area contributed by atoms with Gasteiger partial charge >= 0.3 is 0 Å². The van der Waals surface area contributed by atoms with Gasteiger partial charge in [-0.3, -0.25) is 4.79 Å². The van der Waals surface area contributed by atoms with E-state index in [2.05, 4.69) is 10.6 Å². The number of hydrogen-bond donors (Lipinski definition) is 2. The monoisotopic (exact) mass is 248 g/mol. The van der Waals surface area contributed by atoms with E-state index in [1.165, 1.54) is 6.26 Å². The van der Waals surface area contributed by atoms with Crippen molar-refractivity contribution < 1.29 is 13.2 Å². The van der Waals surface area contributed by atoms with Gasteiger partial charge in [0.1, 0.15) is 9.84 Å². The van der Waals surface area contributed by atoms with Crippen LogP contribution >= 0.6 is 0 Å². The van der Waals surface area contributed by atoms with E-state index in [0.29, 0.717) is 13.0 Å². The third-order valence-electron chi connectivity index (χ3n) is 2.62. The van der Waals surface area contributed by atoms with Crippen LogP contribution in [0.15, 0.2) is 0 Å². The molecule has 0 radical (unpaired) electrons. The molecule has 1 saturated heterocycles. The third kappa shape index (κ3) is 5.46. The van der Waals surface area contributed by atoms with Crippen molar-refractivity contribution in [2.24, 2.45) is 0 Å². The number of piperidine rings is 1. The van der Waals surface area contributed by atoms with Crippen molar-refractivity contribution in [2.45, 2.75) is 31.7 Å². The summed E-state index contributed by atoms with van der Waals surface area (Å²) in [4.78, 5) is 11.6. The first-order valence-electron chi connectivity index (χ1n) is 5.68. The Labute approximate surface area is 96.9 Å². The molecule has 1 aliphatic rings. The lowest BCUT2D eigenvalue weighted by Gasteiger charge is -2.22. The van der Waals surface area contributed by atoms with E-state index >= 15 is 0 Å². The minimum atomic E-state index is -2.91. The highest BCUT2D eigenvalue weighted by Crippen LogP contribution is 2.06. The molecule has 1 heterocycles. The zero-order valence-corrected chi connectivity index (χ0v) is 10.5. The zero-order valence-electron chi connectivity index (χ0n) is 9.66. The van der Waals surface area contributed by atoms with Gasteiger partial charge in [0, 0.05) is 12.8 Å². The van der Waals surface area contributed by atoms with Gasteiger partial charge < -0.3 is 10.6 Å². The van der Waals surface area contributed by atoms with Crippen LogP contribution < -0.4 is 10.6 Å². The summed E-state index contributed by atoms with van der Waals surface area (Å²) in [7, 11) is -2.91. The Balaban J connectivity index is 2.14. The molecule has 0 aliphatic carbocycles. The maximum atomic E-state index is 11.6. The first-order valence-corrected chi connectivity index (χ1v) is 7.74. The molecular formula is C10H20N2O3S. The van der Waals surface area contributed by atoms with Crippen LogP contribution in [0.1, 0.15) is 25.7 Å². The quantitative estimate of drug-likeness (QED) is 0.654. The van der Waals surface area contributed by atoms with E-state index in [9.17, 15) is 13.2 Å². The molecule has 0 saturated carbocycles. The van der Waals surface area contributed by atoms with E-state index in [1.54, 1.807) is 0 Å². The molecule has 6 heteroatoms. The molecule has 1 atom stereocenters. The molecule has 16 heavy (non-hydrogen) atoms. The van der Waals surface area contributed by atoms with Crippen molar-refractivity contribution in [1.82, 2.24) is 10.6 Å². The molecule has 1 fully saturated rings. The molecule has 1 amide bonds. The first-order chi connectivity index (χ1) is 7.49. The second-order valence-electron chi connectivity index (χ2n) is 4.28. The lowest BCUT2D eigenvalue weighted by Crippen LogP contribution is -2.46. The largest absolute Gasteiger partial charge is 0.355 e. The summed E-state index contributed by atoms with van der Waals surface area (Å²) in [6.45, 7) is 1.32. The van der Waals surface area contributed by atoms with Crippen molar-refractivity contribution >= 4 is 15.7 Å². The second kappa shape index (κ2) is 6.20. The molecule has 0 aromatic heterocycles. The van der Waals surface area contributed by atoms with Gasteiger partial charge in [-0.2, -0.15) is 0 Å². The maximum Gasteiger partial charge on any atom is 0.237 e. The van der Waals surface area contributed by atoms with Crippen LogP contribution in [-0.2, 0) is 14.6 Å². The predicted octanol–water partition coefficient (Wildman–Crippen LogP) is -0.321. The van der Waals surface area contributed by atoms with E-state index in [1.807, 2.05) is 0 Å². The van der Waals surface area contributed by atoms with Crippen LogP contribution in [0.4, 0.5) is 0 Å². The van der Waals surface area contributed by atoms with Gasteiger partial charge in [-0.05, 0) is 25.8 Å². The van der Waals surface area contributed by atoms with Crippen molar-refractivity contribution in [3.63, 3.8) is 0 Å². The van der Waals surface area contributed by atoms with Gasteiger partial charge in [0.2, 0.25) is 5.91 Å². The van der Waals surface area contributed by atoms with Gasteiger partial charge in [0.05, 0.1) is 11.8 Å². The third-order valence-corrected chi connectivity index (χ3v) is 3.65. The summed E-state index contributed by atoms with van der Waals surface area (Å²) in [5, 5.41) is 5.90. The van der Waals surface area contributed by atoms with Crippen LogP contribution in [0.2, 0.25) is 0 Å². The van der Waals surface area contributed by atoms with E-state index in [0.717, 1.165) is 25.8 Å². The summed E-state index contributed by atoms with van der Waals surface area (Å²) in [5.74, 6) is 0.124. The van der Waals surface area contributed by atoms with E-state index in [4.69, 9.17) is 0 Å². The summed E-state index contributed by atoms with van der Waals surface area (Å²) in [6, 6.07) is -0.0908. The Bertz CT molecular complexity index is 321. The Morgan fingerprint density at radius 2 is 2.19 bits per heavy atom. The Kier molecular flexibility index (Phi) is 5.21. The van der Waals surface area contributed by atoms with Gasteiger partial charge in [-0.15, -0.1) is 0 Å². The van der Waals surface area contributed by atoms with Crippen LogP contribution in [-0.4, -0.2) is 45.5 Å². The predicted molar refractivity (Wildman–Crippen MR) is 63.0 cm³/mol. The zero-order chi connectivity index (χ0) is 12.0. The fourth-order valence-corrected chi connectivity index (χ4v) is 2.41. The van der Waals surface area contributed by atoms with E-state index < -0.39 is 9.84 Å². The number of hydrogen-bond acceptors (Lipinski definition) is 4. The number of carbonyl (C=O) groups excluding carboxylic acids is 1. The minimum Gasteiger partial charge on any atom is -0.355 e. The molecule has 0 bridgehead atoms. The highest BCUT2D eigenvalue weighted by Gasteiger charge is 2.19. The first kappa shape index (κ1) is 13.4. The molecule has 1 aliphatic heterocycles. The fraction of sp³-hybridized carbons (Fsp3) is 0.900. The van der Waals surface area contributed by atoms with E-state index in [-0.39, 0.29) is 17.7 Å². The maximum absolute atomic E-state index is 11.6. The summed E-state index contributed by atoms with van der Waals surface area (Å²) in [5.41, 5.74) is 0.